The highest BCUT2D eigenvalue weighted by molar-refractivity contribution is 7.66. The number of rotatable bonds is 3. The van der Waals surface area contributed by atoms with Crippen LogP contribution in [0, 0.1) is 6.92 Å². The number of nitrogens with one attached hydrogen (secondary N) is 1. The van der Waals surface area contributed by atoms with Gasteiger partial charge in [0.15, 0.2) is 0 Å². The second-order valence-corrected chi connectivity index (χ2v) is 8.03. The minimum atomic E-state index is -0.0775. The first-order valence-electron chi connectivity index (χ1n) is 7.48. The SMILES string of the molecule is Cc1ccccc1N[C@@H]1CCCC[P@]1c1ccccc1. The summed E-state index contributed by atoms with van der Waals surface area (Å²) in [6, 6.07) is 19.7. The van der Waals surface area contributed by atoms with E-state index in [-0.39, 0.29) is 7.92 Å². The van der Waals surface area contributed by atoms with Gasteiger partial charge in [0, 0.05) is 5.69 Å². The molecule has 1 N–H and O–H groups in total. The van der Waals surface area contributed by atoms with E-state index in [1.54, 1.807) is 5.30 Å². The summed E-state index contributed by atoms with van der Waals surface area (Å²) in [6.45, 7) is 2.19. The molecule has 1 heterocycles. The highest BCUT2D eigenvalue weighted by atomic mass is 31.1. The van der Waals surface area contributed by atoms with Gasteiger partial charge in [0.25, 0.3) is 0 Å². The van der Waals surface area contributed by atoms with Crippen molar-refractivity contribution in [1.29, 1.82) is 0 Å². The molecule has 0 saturated carbocycles. The second kappa shape index (κ2) is 6.41. The average Bonchev–Trinajstić information content (AvgIpc) is 2.51. The maximum absolute atomic E-state index is 3.83. The predicted molar refractivity (Wildman–Crippen MR) is 90.3 cm³/mol. The normalized spacial score (nSPS) is 22.4. The van der Waals surface area contributed by atoms with Gasteiger partial charge in [-0.25, -0.2) is 0 Å². The van der Waals surface area contributed by atoms with Crippen LogP contribution in [0.4, 0.5) is 5.69 Å². The number of hydrogen-bond donors (Lipinski definition) is 1. The van der Waals surface area contributed by atoms with Gasteiger partial charge in [-0.05, 0) is 42.9 Å². The Morgan fingerprint density at radius 2 is 1.70 bits per heavy atom. The molecule has 3 rings (SSSR count). The zero-order valence-corrected chi connectivity index (χ0v) is 12.9. The summed E-state index contributed by atoms with van der Waals surface area (Å²) in [4.78, 5) is 0. The summed E-state index contributed by atoms with van der Waals surface area (Å²) >= 11 is 0. The third-order valence-corrected chi connectivity index (χ3v) is 6.96. The van der Waals surface area contributed by atoms with Crippen LogP contribution in [0.15, 0.2) is 54.6 Å². The predicted octanol–water partition coefficient (Wildman–Crippen LogP) is 4.72. The molecule has 1 saturated heterocycles. The Morgan fingerprint density at radius 3 is 2.50 bits per heavy atom. The Labute approximate surface area is 123 Å². The van der Waals surface area contributed by atoms with Crippen LogP contribution in [0.1, 0.15) is 24.8 Å². The van der Waals surface area contributed by atoms with Gasteiger partial charge in [0.2, 0.25) is 0 Å². The standard InChI is InChI=1S/C18H22NP/c1-15-9-5-6-12-17(15)19-18-13-7-8-14-20(18)16-10-3-2-4-11-16/h2-6,9-12,18-19H,7-8,13-14H2,1H3/t18-,20+/m0/s1. The van der Waals surface area contributed by atoms with E-state index in [0.717, 1.165) is 0 Å². The lowest BCUT2D eigenvalue weighted by molar-refractivity contribution is 0.688. The van der Waals surface area contributed by atoms with E-state index < -0.39 is 0 Å². The second-order valence-electron chi connectivity index (χ2n) is 5.50. The van der Waals surface area contributed by atoms with Gasteiger partial charge < -0.3 is 5.32 Å². The summed E-state index contributed by atoms with van der Waals surface area (Å²) < 4.78 is 0. The van der Waals surface area contributed by atoms with Crippen LogP contribution in [0.2, 0.25) is 0 Å². The van der Waals surface area contributed by atoms with Crippen molar-refractivity contribution in [2.75, 3.05) is 11.5 Å². The van der Waals surface area contributed by atoms with Crippen molar-refractivity contribution < 1.29 is 0 Å². The van der Waals surface area contributed by atoms with Crippen LogP contribution >= 0.6 is 7.92 Å². The van der Waals surface area contributed by atoms with Gasteiger partial charge >= 0.3 is 0 Å². The van der Waals surface area contributed by atoms with Gasteiger partial charge in [0.05, 0.1) is 5.78 Å². The summed E-state index contributed by atoms with van der Waals surface area (Å²) in [5.41, 5.74) is 2.66. The minimum Gasteiger partial charge on any atom is -0.378 e. The fourth-order valence-corrected chi connectivity index (χ4v) is 5.76. The molecule has 1 aliphatic rings. The molecular formula is C18H22NP. The van der Waals surface area contributed by atoms with E-state index in [1.165, 1.54) is 36.7 Å². The molecule has 0 amide bonds. The Bertz CT molecular complexity index is 552. The lowest BCUT2D eigenvalue weighted by Crippen LogP contribution is -2.27. The van der Waals surface area contributed by atoms with Gasteiger partial charge in [0.1, 0.15) is 0 Å². The van der Waals surface area contributed by atoms with Crippen LogP contribution in [-0.2, 0) is 0 Å². The van der Waals surface area contributed by atoms with E-state index in [1.807, 2.05) is 0 Å². The van der Waals surface area contributed by atoms with Crippen molar-refractivity contribution in [3.8, 4) is 0 Å². The van der Waals surface area contributed by atoms with Gasteiger partial charge in [-0.15, -0.1) is 0 Å². The summed E-state index contributed by atoms with van der Waals surface area (Å²) in [5, 5.41) is 5.38. The third-order valence-electron chi connectivity index (χ3n) is 4.06. The van der Waals surface area contributed by atoms with Crippen molar-refractivity contribution in [2.24, 2.45) is 0 Å². The molecule has 1 aliphatic heterocycles. The van der Waals surface area contributed by atoms with E-state index >= 15 is 0 Å². The first kappa shape index (κ1) is 13.6. The van der Waals surface area contributed by atoms with Crippen molar-refractivity contribution in [3.63, 3.8) is 0 Å². The molecule has 104 valence electrons. The molecule has 2 atom stereocenters. The zero-order chi connectivity index (χ0) is 13.8. The Morgan fingerprint density at radius 1 is 0.950 bits per heavy atom. The maximum atomic E-state index is 3.83. The number of anilines is 1. The third kappa shape index (κ3) is 3.04. The van der Waals surface area contributed by atoms with Crippen LogP contribution in [-0.4, -0.2) is 11.9 Å². The summed E-state index contributed by atoms with van der Waals surface area (Å²) in [6.07, 6.45) is 5.40. The lowest BCUT2D eigenvalue weighted by atomic mass is 10.2. The molecule has 2 heteroatoms. The first-order valence-corrected chi connectivity index (χ1v) is 9.08. The summed E-state index contributed by atoms with van der Waals surface area (Å²) in [7, 11) is -0.0775. The van der Waals surface area contributed by atoms with Gasteiger partial charge in [-0.3, -0.25) is 0 Å². The molecule has 0 aliphatic carbocycles. The van der Waals surface area contributed by atoms with Crippen molar-refractivity contribution in [2.45, 2.75) is 32.0 Å². The average molecular weight is 283 g/mol. The number of hydrogen-bond acceptors (Lipinski definition) is 1. The van der Waals surface area contributed by atoms with E-state index in [9.17, 15) is 0 Å². The maximum Gasteiger partial charge on any atom is 0.0500 e. The quantitative estimate of drug-likeness (QED) is 0.803. The van der Waals surface area contributed by atoms with E-state index in [2.05, 4.69) is 66.8 Å². The molecule has 1 nitrogen and oxygen atoms in total. The first-order chi connectivity index (χ1) is 9.84. The molecule has 0 aromatic heterocycles. The topological polar surface area (TPSA) is 12.0 Å². The fourth-order valence-electron chi connectivity index (χ4n) is 2.92. The molecule has 2 aromatic rings. The van der Waals surface area contributed by atoms with Crippen molar-refractivity contribution >= 4 is 18.9 Å². The molecule has 0 bridgehead atoms. The van der Waals surface area contributed by atoms with Gasteiger partial charge in [-0.2, -0.15) is 0 Å². The number of aryl methyl sites for hydroxylation is 1. The van der Waals surface area contributed by atoms with Crippen LogP contribution < -0.4 is 10.6 Å². The highest BCUT2D eigenvalue weighted by Gasteiger charge is 2.25. The fraction of sp³-hybridized carbons (Fsp3) is 0.333. The number of benzene rings is 2. The minimum absolute atomic E-state index is 0.0775. The molecule has 2 aromatic carbocycles. The van der Waals surface area contributed by atoms with Gasteiger partial charge in [-0.1, -0.05) is 62.9 Å². The Kier molecular flexibility index (Phi) is 4.38. The van der Waals surface area contributed by atoms with Crippen LogP contribution in [0.5, 0.6) is 0 Å². The number of para-hydroxylation sites is 1. The molecular weight excluding hydrogens is 261 g/mol. The lowest BCUT2D eigenvalue weighted by Gasteiger charge is -2.34. The largest absolute Gasteiger partial charge is 0.378 e. The highest BCUT2D eigenvalue weighted by Crippen LogP contribution is 2.47. The summed E-state index contributed by atoms with van der Waals surface area (Å²) in [5.74, 6) is 0.627. The Balaban J connectivity index is 1.81. The smallest absolute Gasteiger partial charge is 0.0500 e. The van der Waals surface area contributed by atoms with Crippen LogP contribution in [0.3, 0.4) is 0 Å². The molecule has 0 spiro atoms. The molecule has 20 heavy (non-hydrogen) atoms. The van der Waals surface area contributed by atoms with Crippen molar-refractivity contribution in [1.82, 2.24) is 0 Å². The zero-order valence-electron chi connectivity index (χ0n) is 12.0. The monoisotopic (exact) mass is 283 g/mol. The van der Waals surface area contributed by atoms with E-state index in [0.29, 0.717) is 5.78 Å². The van der Waals surface area contributed by atoms with Crippen molar-refractivity contribution in [3.05, 3.63) is 60.2 Å². The van der Waals surface area contributed by atoms with E-state index in [4.69, 9.17) is 0 Å². The Hall–Kier alpha value is -1.33. The molecule has 0 radical (unpaired) electrons. The van der Waals surface area contributed by atoms with Crippen LogP contribution in [0.25, 0.3) is 0 Å². The molecule has 1 fully saturated rings. The molecule has 0 unspecified atom stereocenters.